The molecular formula is C31H45N5O8S. The van der Waals surface area contributed by atoms with Crippen LogP contribution in [0.3, 0.4) is 0 Å². The van der Waals surface area contributed by atoms with E-state index >= 15 is 0 Å². The molecule has 3 rings (SSSR count). The number of sulfonamides is 1. The third-order valence-corrected chi connectivity index (χ3v) is 9.06. The number of carbonyl (C=O) groups excluding carboxylic acids is 2. The van der Waals surface area contributed by atoms with Gasteiger partial charge in [-0.25, -0.2) is 13.4 Å². The average Bonchev–Trinajstić information content (AvgIpc) is 3.34. The number of nitrogens with zero attached hydrogens (tertiary/aromatic N) is 2. The number of rotatable bonds is 14. The van der Waals surface area contributed by atoms with E-state index in [-0.39, 0.29) is 28.8 Å². The monoisotopic (exact) mass is 647 g/mol. The second kappa shape index (κ2) is 15.0. The third-order valence-electron chi connectivity index (χ3n) is 7.29. The van der Waals surface area contributed by atoms with Crippen LogP contribution in [0.5, 0.6) is 5.75 Å². The van der Waals surface area contributed by atoms with E-state index in [4.69, 9.17) is 9.47 Å². The molecule has 0 aliphatic carbocycles. The lowest BCUT2D eigenvalue weighted by molar-refractivity contribution is -0.139. The minimum atomic E-state index is -4.19. The zero-order chi connectivity index (χ0) is 33.5. The van der Waals surface area contributed by atoms with Crippen molar-refractivity contribution >= 4 is 33.6 Å². The Morgan fingerprint density at radius 2 is 1.80 bits per heavy atom. The Morgan fingerprint density at radius 3 is 2.40 bits per heavy atom. The van der Waals surface area contributed by atoms with Gasteiger partial charge in [0.25, 0.3) is 0 Å². The summed E-state index contributed by atoms with van der Waals surface area (Å²) in [4.78, 5) is 43.8. The van der Waals surface area contributed by atoms with E-state index in [0.29, 0.717) is 42.1 Å². The molecule has 248 valence electrons. The number of aromatic nitrogens is 1. The summed E-state index contributed by atoms with van der Waals surface area (Å²) in [6.07, 6.45) is 1.98. The van der Waals surface area contributed by atoms with Crippen molar-refractivity contribution in [3.8, 4) is 5.75 Å². The molecule has 0 spiro atoms. The molecular weight excluding hydrogens is 602 g/mol. The van der Waals surface area contributed by atoms with Crippen molar-refractivity contribution in [2.24, 2.45) is 5.41 Å². The number of aliphatic carboxylic acids is 1. The van der Waals surface area contributed by atoms with E-state index in [1.165, 1.54) is 0 Å². The smallest absolute Gasteiger partial charge is 0.323 e. The lowest BCUT2D eigenvalue weighted by atomic mass is 9.91. The maximum Gasteiger partial charge on any atom is 0.323 e. The first kappa shape index (κ1) is 35.7. The van der Waals surface area contributed by atoms with Crippen LogP contribution in [-0.4, -0.2) is 92.7 Å². The summed E-state index contributed by atoms with van der Waals surface area (Å²) in [5, 5.41) is 15.4. The molecule has 1 aromatic carbocycles. The Morgan fingerprint density at radius 1 is 1.13 bits per heavy atom. The highest BCUT2D eigenvalue weighted by atomic mass is 32.2. The van der Waals surface area contributed by atoms with Gasteiger partial charge in [-0.3, -0.25) is 14.4 Å². The van der Waals surface area contributed by atoms with Gasteiger partial charge in [0, 0.05) is 38.3 Å². The van der Waals surface area contributed by atoms with E-state index in [1.54, 1.807) is 56.3 Å². The van der Waals surface area contributed by atoms with E-state index in [0.717, 1.165) is 5.56 Å². The first-order valence-electron chi connectivity index (χ1n) is 14.7. The van der Waals surface area contributed by atoms with Crippen molar-refractivity contribution in [2.75, 3.05) is 38.7 Å². The lowest BCUT2D eigenvalue weighted by Gasteiger charge is -2.28. The molecule has 13 nitrogen and oxygen atoms in total. The molecule has 4 N–H and O–H groups in total. The fraction of sp³-hybridized carbons (Fsp3) is 0.548. The molecule has 1 aliphatic heterocycles. The number of aryl methyl sites for hydroxylation is 3. The SMILES string of the molecule is COc1ccnc(NC[C@@H]2C[C@@H](OCC(=O)NC[C@H](NS(=O)(=O)c3c(C)cc(C)cc3C)C(=O)O)CN2C(=O)CC(C)(C)C)c1. The Hall–Kier alpha value is -3.75. The van der Waals surface area contributed by atoms with Crippen molar-refractivity contribution < 1.29 is 37.4 Å². The second-order valence-electron chi connectivity index (χ2n) is 12.6. The fourth-order valence-corrected chi connectivity index (χ4v) is 7.02. The molecule has 1 saturated heterocycles. The topological polar surface area (TPSA) is 176 Å². The van der Waals surface area contributed by atoms with Crippen molar-refractivity contribution in [1.29, 1.82) is 0 Å². The maximum atomic E-state index is 13.2. The molecule has 14 heteroatoms. The maximum absolute atomic E-state index is 13.2. The Bertz CT molecular complexity index is 1470. The van der Waals surface area contributed by atoms with Gasteiger partial charge in [0.05, 0.1) is 24.2 Å². The largest absolute Gasteiger partial charge is 0.497 e. The summed E-state index contributed by atoms with van der Waals surface area (Å²) < 4.78 is 39.4. The number of benzene rings is 1. The molecule has 2 heterocycles. The number of ether oxygens (including phenoxy) is 2. The highest BCUT2D eigenvalue weighted by Gasteiger charge is 2.37. The number of pyridine rings is 1. The predicted octanol–water partition coefficient (Wildman–Crippen LogP) is 2.40. The summed E-state index contributed by atoms with van der Waals surface area (Å²) in [6, 6.07) is 5.06. The van der Waals surface area contributed by atoms with Crippen LogP contribution in [0.4, 0.5) is 5.82 Å². The zero-order valence-electron chi connectivity index (χ0n) is 27.0. The van der Waals surface area contributed by atoms with Crippen LogP contribution in [0.1, 0.15) is 50.3 Å². The van der Waals surface area contributed by atoms with Crippen LogP contribution in [0.2, 0.25) is 0 Å². The van der Waals surface area contributed by atoms with Crippen LogP contribution in [0, 0.1) is 26.2 Å². The van der Waals surface area contributed by atoms with Crippen LogP contribution in [0.25, 0.3) is 0 Å². The predicted molar refractivity (Wildman–Crippen MR) is 169 cm³/mol. The number of anilines is 1. The third kappa shape index (κ3) is 10.4. The zero-order valence-corrected chi connectivity index (χ0v) is 27.8. The standard InChI is InChI=1S/C31H45N5O8S/c1-19-10-20(2)29(21(3)11-19)45(41,42)35-25(30(39)40)16-34-27(37)18-44-24-12-22(36(17-24)28(38)14-31(4,5)6)15-33-26-13-23(43-7)8-9-32-26/h8-11,13,22,24-25,35H,12,14-18H2,1-7H3,(H,32,33)(H,34,37)(H,39,40)/t22-,24+,25-/m0/s1. The Balaban J connectivity index is 1.59. The minimum absolute atomic E-state index is 0.00651. The minimum Gasteiger partial charge on any atom is -0.497 e. The van der Waals surface area contributed by atoms with Gasteiger partial charge in [0.2, 0.25) is 21.8 Å². The summed E-state index contributed by atoms with van der Waals surface area (Å²) in [6.45, 7) is 10.9. The van der Waals surface area contributed by atoms with Crippen LogP contribution < -0.4 is 20.1 Å². The number of carboxylic acids is 1. The number of hydrogen-bond donors (Lipinski definition) is 4. The number of nitrogens with one attached hydrogen (secondary N) is 3. The summed E-state index contributed by atoms with van der Waals surface area (Å²) >= 11 is 0. The van der Waals surface area contributed by atoms with Gasteiger partial charge in [0.1, 0.15) is 24.2 Å². The molecule has 2 aromatic rings. The Labute approximate surface area is 265 Å². The first-order chi connectivity index (χ1) is 21.0. The van der Waals surface area contributed by atoms with Crippen molar-refractivity contribution in [3.05, 3.63) is 47.2 Å². The quantitative estimate of drug-likeness (QED) is 0.238. The molecule has 2 amide bonds. The van der Waals surface area contributed by atoms with Crippen LogP contribution in [0.15, 0.2) is 35.4 Å². The summed E-state index contributed by atoms with van der Waals surface area (Å²) in [5.74, 6) is -0.841. The molecule has 0 saturated carbocycles. The number of carboxylic acid groups (broad SMARTS) is 1. The number of methoxy groups -OCH3 is 1. The molecule has 1 aromatic heterocycles. The van der Waals surface area contributed by atoms with Crippen molar-refractivity contribution in [1.82, 2.24) is 19.9 Å². The molecule has 0 radical (unpaired) electrons. The number of hydrogen-bond acceptors (Lipinski definition) is 9. The van der Waals surface area contributed by atoms with Gasteiger partial charge in [-0.15, -0.1) is 0 Å². The highest BCUT2D eigenvalue weighted by molar-refractivity contribution is 7.89. The molecule has 1 fully saturated rings. The van der Waals surface area contributed by atoms with E-state index in [9.17, 15) is 27.9 Å². The second-order valence-corrected chi connectivity index (χ2v) is 14.3. The van der Waals surface area contributed by atoms with E-state index in [2.05, 4.69) is 20.3 Å². The van der Waals surface area contributed by atoms with E-state index < -0.39 is 47.2 Å². The average molecular weight is 648 g/mol. The molecule has 3 atom stereocenters. The van der Waals surface area contributed by atoms with E-state index in [1.807, 2.05) is 27.7 Å². The normalized spacial score (nSPS) is 17.5. The lowest BCUT2D eigenvalue weighted by Crippen LogP contribution is -2.49. The molecule has 45 heavy (non-hydrogen) atoms. The van der Waals surface area contributed by atoms with Gasteiger partial charge >= 0.3 is 5.97 Å². The van der Waals surface area contributed by atoms with Gasteiger partial charge in [0.15, 0.2) is 0 Å². The number of amides is 2. The van der Waals surface area contributed by atoms with Crippen molar-refractivity contribution in [2.45, 2.75) is 77.5 Å². The molecule has 1 aliphatic rings. The van der Waals surface area contributed by atoms with Crippen LogP contribution >= 0.6 is 0 Å². The fourth-order valence-electron chi connectivity index (χ4n) is 5.38. The first-order valence-corrected chi connectivity index (χ1v) is 16.2. The summed E-state index contributed by atoms with van der Waals surface area (Å²) in [5.41, 5.74) is 1.63. The van der Waals surface area contributed by atoms with Crippen molar-refractivity contribution in [3.63, 3.8) is 0 Å². The number of likely N-dealkylation sites (tertiary alicyclic amines) is 1. The highest BCUT2D eigenvalue weighted by Crippen LogP contribution is 2.27. The molecule has 0 unspecified atom stereocenters. The van der Waals surface area contributed by atoms with Gasteiger partial charge in [-0.1, -0.05) is 38.5 Å². The summed E-state index contributed by atoms with van der Waals surface area (Å²) in [7, 11) is -2.62. The van der Waals surface area contributed by atoms with Gasteiger partial charge in [-0.05, 0) is 49.8 Å². The Kier molecular flexibility index (Phi) is 11.9. The number of carbonyl (C=O) groups is 3. The molecule has 0 bridgehead atoms. The van der Waals surface area contributed by atoms with Gasteiger partial charge in [-0.2, -0.15) is 4.72 Å². The van der Waals surface area contributed by atoms with Gasteiger partial charge < -0.3 is 30.1 Å². The van der Waals surface area contributed by atoms with Crippen LogP contribution in [-0.2, 0) is 29.1 Å².